The zero-order valence-corrected chi connectivity index (χ0v) is 24.7. The lowest BCUT2D eigenvalue weighted by atomic mass is 9.79. The number of phenols is 1. The van der Waals surface area contributed by atoms with E-state index in [2.05, 4.69) is 18.6 Å². The fourth-order valence-electron chi connectivity index (χ4n) is 4.95. The van der Waals surface area contributed by atoms with Crippen molar-refractivity contribution in [3.8, 4) is 11.5 Å². The average Bonchev–Trinajstić information content (AvgIpc) is 3.01. The van der Waals surface area contributed by atoms with E-state index in [0.29, 0.717) is 23.4 Å². The summed E-state index contributed by atoms with van der Waals surface area (Å²) in [6.07, 6.45) is 7.69. The molecule has 1 aliphatic heterocycles. The molecule has 2 aromatic carbocycles. The van der Waals surface area contributed by atoms with E-state index in [1.807, 2.05) is 11.2 Å². The van der Waals surface area contributed by atoms with Crippen LogP contribution in [0.4, 0.5) is 15.8 Å². The number of benzene rings is 2. The van der Waals surface area contributed by atoms with E-state index >= 15 is 0 Å². The fourth-order valence-corrected chi connectivity index (χ4v) is 7.60. The molecule has 214 valence electrons. The Hall–Kier alpha value is -2.72. The molecule has 1 heterocycles. The maximum absolute atomic E-state index is 14.2. The predicted molar refractivity (Wildman–Crippen MR) is 153 cm³/mol. The van der Waals surface area contributed by atoms with Crippen LogP contribution in [-0.2, 0) is 19.4 Å². The number of esters is 1. The molecule has 10 heteroatoms. The van der Waals surface area contributed by atoms with Gasteiger partial charge in [-0.25, -0.2) is 13.2 Å². The molecule has 7 nitrogen and oxygen atoms in total. The minimum Gasteiger partial charge on any atom is -0.508 e. The van der Waals surface area contributed by atoms with Crippen LogP contribution in [0.3, 0.4) is 0 Å². The number of phenolic OH excluding ortho intramolecular Hbond substituents is 1. The molecule has 0 saturated heterocycles. The molecular formula is C29H38FNO6S2. The molecule has 0 spiro atoms. The van der Waals surface area contributed by atoms with Crippen LogP contribution < -0.4 is 9.64 Å². The van der Waals surface area contributed by atoms with Crippen molar-refractivity contribution >= 4 is 38.9 Å². The van der Waals surface area contributed by atoms with Crippen molar-refractivity contribution in [2.24, 2.45) is 5.41 Å². The maximum Gasteiger partial charge on any atom is 0.370 e. The summed E-state index contributed by atoms with van der Waals surface area (Å²) < 4.78 is 52.5. The third-order valence-corrected chi connectivity index (χ3v) is 9.65. The summed E-state index contributed by atoms with van der Waals surface area (Å²) in [5, 5.41) is 9.92. The van der Waals surface area contributed by atoms with Crippen molar-refractivity contribution in [2.45, 2.75) is 69.1 Å². The van der Waals surface area contributed by atoms with Gasteiger partial charge in [0, 0.05) is 23.7 Å². The van der Waals surface area contributed by atoms with Crippen molar-refractivity contribution in [1.29, 1.82) is 0 Å². The number of rotatable bonds is 12. The quantitative estimate of drug-likeness (QED) is 0.123. The van der Waals surface area contributed by atoms with Gasteiger partial charge in [0.25, 0.3) is 0 Å². The molecule has 0 unspecified atom stereocenters. The number of ether oxygens (including phenoxy) is 2. The molecule has 0 fully saturated rings. The highest BCUT2D eigenvalue weighted by Crippen LogP contribution is 2.48. The van der Waals surface area contributed by atoms with Crippen LogP contribution in [0, 0.1) is 5.41 Å². The Bertz CT molecular complexity index is 1270. The normalized spacial score (nSPS) is 16.3. The lowest BCUT2D eigenvalue weighted by Gasteiger charge is -2.37. The van der Waals surface area contributed by atoms with Crippen molar-refractivity contribution in [3.05, 3.63) is 48.5 Å². The monoisotopic (exact) mass is 579 g/mol. The summed E-state index contributed by atoms with van der Waals surface area (Å²) >= 11 is 1.32. The molecule has 2 aromatic rings. The van der Waals surface area contributed by atoms with Crippen LogP contribution in [0.1, 0.15) is 59.3 Å². The van der Waals surface area contributed by atoms with Gasteiger partial charge in [-0.05, 0) is 56.4 Å². The predicted octanol–water partition coefficient (Wildman–Crippen LogP) is 7.16. The lowest BCUT2D eigenvalue weighted by Crippen LogP contribution is -2.38. The summed E-state index contributed by atoms with van der Waals surface area (Å²) in [7, 11) is -3.79. The topological polar surface area (TPSA) is 93.1 Å². The SMILES string of the molecule is CCCCC1(CCCC)CN(c2ccc(O)cc2)c2cc(SC)c(O/C=C(\F)C(=O)OCC)cc2S(=O)(=O)C1. The van der Waals surface area contributed by atoms with Crippen LogP contribution in [-0.4, -0.2) is 44.7 Å². The molecule has 0 saturated carbocycles. The second-order valence-corrected chi connectivity index (χ2v) is 12.6. The number of carbonyl (C=O) groups is 1. The number of fused-ring (bicyclic) bond motifs is 1. The molecule has 1 aliphatic rings. The number of halogens is 1. The number of thioether (sulfide) groups is 1. The Labute approximate surface area is 235 Å². The lowest BCUT2D eigenvalue weighted by molar-refractivity contribution is -0.140. The third kappa shape index (κ3) is 7.48. The largest absolute Gasteiger partial charge is 0.508 e. The molecule has 39 heavy (non-hydrogen) atoms. The van der Waals surface area contributed by atoms with Gasteiger partial charge >= 0.3 is 5.97 Å². The van der Waals surface area contributed by atoms with Crippen LogP contribution in [0.5, 0.6) is 11.5 Å². The second-order valence-electron chi connectivity index (χ2n) is 9.84. The van der Waals surface area contributed by atoms with Crippen molar-refractivity contribution < 1.29 is 32.2 Å². The zero-order chi connectivity index (χ0) is 28.6. The van der Waals surface area contributed by atoms with E-state index < -0.39 is 27.0 Å². The Balaban J connectivity index is 2.21. The molecule has 0 bridgehead atoms. The van der Waals surface area contributed by atoms with Crippen LogP contribution in [0.15, 0.2) is 58.3 Å². The van der Waals surface area contributed by atoms with Crippen molar-refractivity contribution in [3.63, 3.8) is 0 Å². The van der Waals surface area contributed by atoms with Gasteiger partial charge in [-0.15, -0.1) is 11.8 Å². The number of anilines is 2. The van der Waals surface area contributed by atoms with Gasteiger partial charge in [-0.3, -0.25) is 0 Å². The summed E-state index contributed by atoms with van der Waals surface area (Å²) in [5.41, 5.74) is 0.776. The Morgan fingerprint density at radius 1 is 1.13 bits per heavy atom. The van der Waals surface area contributed by atoms with E-state index in [4.69, 9.17) is 4.74 Å². The van der Waals surface area contributed by atoms with Crippen LogP contribution in [0.25, 0.3) is 0 Å². The maximum atomic E-state index is 14.2. The molecule has 0 amide bonds. The minimum absolute atomic E-state index is 0.0121. The summed E-state index contributed by atoms with van der Waals surface area (Å²) in [5.74, 6) is -2.14. The molecule has 0 radical (unpaired) electrons. The fraction of sp³-hybridized carbons (Fsp3) is 0.483. The van der Waals surface area contributed by atoms with Gasteiger partial charge in [-0.1, -0.05) is 39.5 Å². The van der Waals surface area contributed by atoms with Gasteiger partial charge in [0.05, 0.1) is 27.8 Å². The highest BCUT2D eigenvalue weighted by molar-refractivity contribution is 7.98. The van der Waals surface area contributed by atoms with E-state index in [-0.39, 0.29) is 28.8 Å². The number of unbranched alkanes of at least 4 members (excludes halogenated alkanes) is 2. The van der Waals surface area contributed by atoms with E-state index in [1.54, 1.807) is 37.3 Å². The van der Waals surface area contributed by atoms with E-state index in [0.717, 1.165) is 44.2 Å². The van der Waals surface area contributed by atoms with Crippen molar-refractivity contribution in [1.82, 2.24) is 0 Å². The van der Waals surface area contributed by atoms with Crippen molar-refractivity contribution in [2.75, 3.05) is 30.1 Å². The highest BCUT2D eigenvalue weighted by atomic mass is 32.2. The number of nitrogens with zero attached hydrogens (tertiary/aromatic N) is 1. The highest BCUT2D eigenvalue weighted by Gasteiger charge is 2.42. The van der Waals surface area contributed by atoms with E-state index in [9.17, 15) is 22.7 Å². The molecular weight excluding hydrogens is 541 g/mol. The summed E-state index contributed by atoms with van der Waals surface area (Å²) in [6.45, 7) is 6.27. The minimum atomic E-state index is -3.79. The number of aromatic hydroxyl groups is 1. The first kappa shape index (κ1) is 30.8. The molecule has 0 atom stereocenters. The number of carbonyl (C=O) groups excluding carboxylic acids is 1. The second kappa shape index (κ2) is 13.6. The average molecular weight is 580 g/mol. The summed E-state index contributed by atoms with van der Waals surface area (Å²) in [6, 6.07) is 9.90. The van der Waals surface area contributed by atoms with Gasteiger partial charge in [-0.2, -0.15) is 4.39 Å². The Morgan fingerprint density at radius 2 is 1.77 bits per heavy atom. The Kier molecular flexibility index (Phi) is 10.7. The molecule has 3 rings (SSSR count). The Morgan fingerprint density at radius 3 is 2.33 bits per heavy atom. The zero-order valence-electron chi connectivity index (χ0n) is 23.0. The first-order chi connectivity index (χ1) is 18.6. The molecule has 1 N–H and O–H groups in total. The van der Waals surface area contributed by atoms with Gasteiger partial charge < -0.3 is 19.5 Å². The number of hydrogen-bond acceptors (Lipinski definition) is 8. The standard InChI is InChI=1S/C29H38FNO6S2/c1-5-8-14-29(15-9-6-2)19-31(21-10-12-22(32)13-11-21)24-16-26(38-4)25(17-27(24)39(34,35)20-29)37-18-23(30)28(33)36-7-3/h10-13,16-18,32H,5-9,14-15,19-20H2,1-4H3/b23-18-. The third-order valence-electron chi connectivity index (χ3n) is 6.90. The van der Waals surface area contributed by atoms with Crippen LogP contribution in [0.2, 0.25) is 0 Å². The first-order valence-corrected chi connectivity index (χ1v) is 16.2. The first-order valence-electron chi connectivity index (χ1n) is 13.3. The molecule has 0 aliphatic carbocycles. The smallest absolute Gasteiger partial charge is 0.370 e. The molecule has 0 aromatic heterocycles. The van der Waals surface area contributed by atoms with Gasteiger partial charge in [0.15, 0.2) is 9.84 Å². The number of hydrogen-bond donors (Lipinski definition) is 1. The van der Waals surface area contributed by atoms with Crippen LogP contribution >= 0.6 is 11.8 Å². The van der Waals surface area contributed by atoms with Gasteiger partial charge in [0.1, 0.15) is 17.8 Å². The van der Waals surface area contributed by atoms with E-state index in [1.165, 1.54) is 17.8 Å². The van der Waals surface area contributed by atoms with Gasteiger partial charge in [0.2, 0.25) is 5.83 Å². The summed E-state index contributed by atoms with van der Waals surface area (Å²) in [4.78, 5) is 14.4. The number of sulfone groups is 1.